The zero-order valence-corrected chi connectivity index (χ0v) is 11.0. The SMILES string of the molecule is CC(CO)(Cc1cccc(F)c1)NC1CCCC1. The summed E-state index contributed by atoms with van der Waals surface area (Å²) in [6.45, 7) is 2.08. The van der Waals surface area contributed by atoms with Gasteiger partial charge in [0.15, 0.2) is 0 Å². The third-order valence-corrected chi connectivity index (χ3v) is 3.74. The van der Waals surface area contributed by atoms with Crippen LogP contribution in [0, 0.1) is 5.82 Å². The Hall–Kier alpha value is -0.930. The molecule has 2 nitrogen and oxygen atoms in total. The van der Waals surface area contributed by atoms with E-state index in [1.807, 2.05) is 13.0 Å². The number of rotatable bonds is 5. The average Bonchev–Trinajstić information content (AvgIpc) is 2.81. The molecule has 0 amide bonds. The molecule has 0 heterocycles. The highest BCUT2D eigenvalue weighted by atomic mass is 19.1. The molecule has 1 aromatic rings. The summed E-state index contributed by atoms with van der Waals surface area (Å²) in [5, 5.41) is 13.2. The Morgan fingerprint density at radius 1 is 1.39 bits per heavy atom. The minimum absolute atomic E-state index is 0.0695. The van der Waals surface area contributed by atoms with E-state index in [9.17, 15) is 9.50 Å². The van der Waals surface area contributed by atoms with Crippen molar-refractivity contribution in [2.75, 3.05) is 6.61 Å². The zero-order valence-electron chi connectivity index (χ0n) is 11.0. The minimum atomic E-state index is -0.358. The number of benzene rings is 1. The summed E-state index contributed by atoms with van der Waals surface area (Å²) < 4.78 is 13.2. The van der Waals surface area contributed by atoms with Crippen LogP contribution in [0.5, 0.6) is 0 Å². The van der Waals surface area contributed by atoms with Crippen LogP contribution in [0.15, 0.2) is 24.3 Å². The molecular formula is C15H22FNO. The van der Waals surface area contributed by atoms with Crippen LogP contribution in [-0.2, 0) is 6.42 Å². The topological polar surface area (TPSA) is 32.3 Å². The molecule has 0 saturated heterocycles. The normalized spacial score (nSPS) is 19.9. The van der Waals surface area contributed by atoms with Crippen LogP contribution in [0.3, 0.4) is 0 Å². The van der Waals surface area contributed by atoms with Gasteiger partial charge in [-0.25, -0.2) is 4.39 Å². The van der Waals surface area contributed by atoms with E-state index in [2.05, 4.69) is 5.32 Å². The molecule has 1 aliphatic rings. The fraction of sp³-hybridized carbons (Fsp3) is 0.600. The molecule has 2 rings (SSSR count). The van der Waals surface area contributed by atoms with Gasteiger partial charge >= 0.3 is 0 Å². The molecule has 0 aliphatic heterocycles. The van der Waals surface area contributed by atoms with Gasteiger partial charge in [0.1, 0.15) is 5.82 Å². The maximum absolute atomic E-state index is 13.2. The summed E-state index contributed by atoms with van der Waals surface area (Å²) in [6, 6.07) is 7.12. The summed E-state index contributed by atoms with van der Waals surface area (Å²) in [4.78, 5) is 0. The van der Waals surface area contributed by atoms with Crippen LogP contribution >= 0.6 is 0 Å². The summed E-state index contributed by atoms with van der Waals surface area (Å²) in [5.74, 6) is -0.214. The standard InChI is InChI=1S/C15H22FNO/c1-15(11-18,17-14-7-2-3-8-14)10-12-5-4-6-13(16)9-12/h4-6,9,14,17-18H,2-3,7-8,10-11H2,1H3. The highest BCUT2D eigenvalue weighted by Gasteiger charge is 2.28. The molecular weight excluding hydrogens is 229 g/mol. The lowest BCUT2D eigenvalue weighted by Gasteiger charge is -2.32. The molecule has 100 valence electrons. The number of hydrogen-bond donors (Lipinski definition) is 2. The maximum Gasteiger partial charge on any atom is 0.123 e. The van der Waals surface area contributed by atoms with Crippen molar-refractivity contribution in [3.63, 3.8) is 0 Å². The molecule has 18 heavy (non-hydrogen) atoms. The van der Waals surface area contributed by atoms with Gasteiger partial charge in [0.05, 0.1) is 6.61 Å². The van der Waals surface area contributed by atoms with Gasteiger partial charge in [0, 0.05) is 11.6 Å². The van der Waals surface area contributed by atoms with E-state index in [1.165, 1.54) is 31.7 Å². The van der Waals surface area contributed by atoms with Crippen LogP contribution < -0.4 is 5.32 Å². The van der Waals surface area contributed by atoms with Crippen molar-refractivity contribution < 1.29 is 9.50 Å². The third-order valence-electron chi connectivity index (χ3n) is 3.74. The Bertz CT molecular complexity index is 390. The van der Waals surface area contributed by atoms with Gasteiger partial charge in [-0.05, 0) is 43.9 Å². The third kappa shape index (κ3) is 3.53. The van der Waals surface area contributed by atoms with Crippen molar-refractivity contribution in [3.05, 3.63) is 35.6 Å². The highest BCUT2D eigenvalue weighted by Crippen LogP contribution is 2.22. The quantitative estimate of drug-likeness (QED) is 0.843. The van der Waals surface area contributed by atoms with Crippen LogP contribution in [0.2, 0.25) is 0 Å². The first kappa shape index (κ1) is 13.5. The second-order valence-electron chi connectivity index (χ2n) is 5.65. The van der Waals surface area contributed by atoms with Crippen LogP contribution in [0.25, 0.3) is 0 Å². The minimum Gasteiger partial charge on any atom is -0.394 e. The van der Waals surface area contributed by atoms with Crippen molar-refractivity contribution >= 4 is 0 Å². The van der Waals surface area contributed by atoms with Crippen molar-refractivity contribution in [2.24, 2.45) is 0 Å². The molecule has 1 atom stereocenters. The molecule has 0 bridgehead atoms. The van der Waals surface area contributed by atoms with E-state index in [1.54, 1.807) is 12.1 Å². The fourth-order valence-corrected chi connectivity index (χ4v) is 2.81. The van der Waals surface area contributed by atoms with Crippen molar-refractivity contribution in [1.82, 2.24) is 5.32 Å². The lowest BCUT2D eigenvalue weighted by atomic mass is 9.92. The smallest absolute Gasteiger partial charge is 0.123 e. The summed E-state index contributed by atoms with van der Waals surface area (Å²) in [6.07, 6.45) is 5.54. The fourth-order valence-electron chi connectivity index (χ4n) is 2.81. The first-order valence-corrected chi connectivity index (χ1v) is 6.74. The first-order valence-electron chi connectivity index (χ1n) is 6.74. The lowest BCUT2D eigenvalue weighted by molar-refractivity contribution is 0.160. The molecule has 1 unspecified atom stereocenters. The monoisotopic (exact) mass is 251 g/mol. The van der Waals surface area contributed by atoms with Gasteiger partial charge in [0.2, 0.25) is 0 Å². The second kappa shape index (κ2) is 5.81. The Labute approximate surface area is 108 Å². The van der Waals surface area contributed by atoms with Gasteiger partial charge in [-0.3, -0.25) is 0 Å². The summed E-state index contributed by atoms with van der Waals surface area (Å²) >= 11 is 0. The van der Waals surface area contributed by atoms with E-state index >= 15 is 0 Å². The Morgan fingerprint density at radius 2 is 2.11 bits per heavy atom. The van der Waals surface area contributed by atoms with E-state index in [0.717, 1.165) is 5.56 Å². The molecule has 1 aromatic carbocycles. The highest BCUT2D eigenvalue weighted by molar-refractivity contribution is 5.19. The van der Waals surface area contributed by atoms with Crippen molar-refractivity contribution in [1.29, 1.82) is 0 Å². The Balaban J connectivity index is 2.02. The van der Waals surface area contributed by atoms with Crippen LogP contribution in [-0.4, -0.2) is 23.3 Å². The molecule has 1 saturated carbocycles. The number of aliphatic hydroxyl groups excluding tert-OH is 1. The molecule has 1 fully saturated rings. The molecule has 1 aliphatic carbocycles. The lowest BCUT2D eigenvalue weighted by Crippen LogP contribution is -2.51. The molecule has 3 heteroatoms. The Morgan fingerprint density at radius 3 is 2.72 bits per heavy atom. The van der Waals surface area contributed by atoms with Crippen molar-refractivity contribution in [3.8, 4) is 0 Å². The Kier molecular flexibility index (Phi) is 4.36. The number of hydrogen-bond acceptors (Lipinski definition) is 2. The maximum atomic E-state index is 13.2. The van der Waals surface area contributed by atoms with Crippen LogP contribution in [0.4, 0.5) is 4.39 Å². The largest absolute Gasteiger partial charge is 0.394 e. The molecule has 0 radical (unpaired) electrons. The summed E-state index contributed by atoms with van der Waals surface area (Å²) in [7, 11) is 0. The van der Waals surface area contributed by atoms with E-state index < -0.39 is 0 Å². The van der Waals surface area contributed by atoms with Crippen LogP contribution in [0.1, 0.15) is 38.2 Å². The number of aliphatic hydroxyl groups is 1. The zero-order chi connectivity index (χ0) is 13.0. The van der Waals surface area contributed by atoms with Gasteiger partial charge < -0.3 is 10.4 Å². The van der Waals surface area contributed by atoms with E-state index in [4.69, 9.17) is 0 Å². The average molecular weight is 251 g/mol. The predicted molar refractivity (Wildman–Crippen MR) is 71.0 cm³/mol. The molecule has 0 aromatic heterocycles. The second-order valence-corrected chi connectivity index (χ2v) is 5.65. The van der Waals surface area contributed by atoms with Crippen molar-refractivity contribution in [2.45, 2.75) is 50.6 Å². The first-order chi connectivity index (χ1) is 8.61. The molecule has 0 spiro atoms. The van der Waals surface area contributed by atoms with E-state index in [-0.39, 0.29) is 18.0 Å². The molecule has 2 N–H and O–H groups in total. The predicted octanol–water partition coefficient (Wildman–Crippen LogP) is 2.65. The number of halogens is 1. The van der Waals surface area contributed by atoms with Gasteiger partial charge in [-0.15, -0.1) is 0 Å². The van der Waals surface area contributed by atoms with Gasteiger partial charge in [-0.2, -0.15) is 0 Å². The van der Waals surface area contributed by atoms with Gasteiger partial charge in [0.25, 0.3) is 0 Å². The number of nitrogens with one attached hydrogen (secondary N) is 1. The van der Waals surface area contributed by atoms with E-state index in [0.29, 0.717) is 12.5 Å². The van der Waals surface area contributed by atoms with Gasteiger partial charge in [-0.1, -0.05) is 25.0 Å². The summed E-state index contributed by atoms with van der Waals surface area (Å²) in [5.41, 5.74) is 0.569.